The van der Waals surface area contributed by atoms with Crippen molar-refractivity contribution < 1.29 is 4.74 Å². The first kappa shape index (κ1) is 17.0. The number of aromatic nitrogens is 3. The van der Waals surface area contributed by atoms with E-state index in [2.05, 4.69) is 21.0 Å². The Morgan fingerprint density at radius 2 is 2.08 bits per heavy atom. The molecule has 26 heavy (non-hydrogen) atoms. The van der Waals surface area contributed by atoms with Gasteiger partial charge in [0, 0.05) is 17.7 Å². The van der Waals surface area contributed by atoms with E-state index in [1.54, 1.807) is 0 Å². The first-order chi connectivity index (χ1) is 12.7. The molecule has 0 radical (unpaired) electrons. The van der Waals surface area contributed by atoms with Gasteiger partial charge >= 0.3 is 0 Å². The van der Waals surface area contributed by atoms with Gasteiger partial charge in [-0.25, -0.2) is 4.98 Å². The number of hydrogen-bond donors (Lipinski definition) is 1. The molecule has 0 aliphatic carbocycles. The zero-order valence-electron chi connectivity index (χ0n) is 13.7. The molecule has 1 aliphatic heterocycles. The number of nitrogens with two attached hydrogens (primary N) is 1. The van der Waals surface area contributed by atoms with Crippen LogP contribution >= 0.6 is 23.4 Å². The molecule has 2 N–H and O–H groups in total. The number of thioether (sulfide) groups is 1. The van der Waals surface area contributed by atoms with Gasteiger partial charge in [-0.15, -0.1) is 0 Å². The van der Waals surface area contributed by atoms with Crippen molar-refractivity contribution in [2.45, 2.75) is 24.8 Å². The van der Waals surface area contributed by atoms with Crippen molar-refractivity contribution in [2.24, 2.45) is 0 Å². The van der Waals surface area contributed by atoms with Crippen molar-refractivity contribution in [3.8, 4) is 17.5 Å². The molecular formula is C18H14ClN5OS. The van der Waals surface area contributed by atoms with Crippen LogP contribution in [0, 0.1) is 11.3 Å². The second kappa shape index (κ2) is 7.08. The van der Waals surface area contributed by atoms with E-state index in [0.717, 1.165) is 27.5 Å². The fourth-order valence-corrected chi connectivity index (χ4v) is 4.09. The molecule has 0 unspecified atom stereocenters. The summed E-state index contributed by atoms with van der Waals surface area (Å²) in [6, 6.07) is 10.0. The van der Waals surface area contributed by atoms with Crippen molar-refractivity contribution >= 4 is 40.1 Å². The second-order valence-corrected chi connectivity index (χ2v) is 7.25. The van der Waals surface area contributed by atoms with Crippen LogP contribution in [0.25, 0.3) is 22.2 Å². The average molecular weight is 384 g/mol. The van der Waals surface area contributed by atoms with E-state index < -0.39 is 0 Å². The third kappa shape index (κ3) is 3.07. The van der Waals surface area contributed by atoms with Gasteiger partial charge in [0.05, 0.1) is 24.3 Å². The van der Waals surface area contributed by atoms with E-state index in [0.29, 0.717) is 41.4 Å². The number of rotatable bonds is 4. The largest absolute Gasteiger partial charge is 0.372 e. The Kier molecular flexibility index (Phi) is 4.64. The molecule has 0 saturated heterocycles. The second-order valence-electron chi connectivity index (χ2n) is 5.78. The molecule has 0 amide bonds. The highest BCUT2D eigenvalue weighted by Gasteiger charge is 2.20. The van der Waals surface area contributed by atoms with Crippen LogP contribution in [0.15, 0.2) is 29.4 Å². The number of halogens is 1. The molecule has 0 atom stereocenters. The molecule has 0 spiro atoms. The summed E-state index contributed by atoms with van der Waals surface area (Å²) in [6.07, 6.45) is 0.410. The lowest BCUT2D eigenvalue weighted by Crippen LogP contribution is -2.06. The smallest absolute Gasteiger partial charge is 0.224 e. The monoisotopic (exact) mass is 383 g/mol. The van der Waals surface area contributed by atoms with Gasteiger partial charge in [-0.3, -0.25) is 0 Å². The maximum atomic E-state index is 8.70. The standard InChI is InChI=1S/C18H14ClN5OS/c19-13-7-11-9-25-8-10-3-1-4-12(14(10)11)15(13)16-22-17(21)24-18(23-16)26-6-2-5-20/h1,3-4,7H,2,6,8-9H2,(H2,21,22,23,24). The summed E-state index contributed by atoms with van der Waals surface area (Å²) in [5.74, 6) is 1.17. The summed E-state index contributed by atoms with van der Waals surface area (Å²) in [6.45, 7) is 1.10. The fourth-order valence-electron chi connectivity index (χ4n) is 3.08. The van der Waals surface area contributed by atoms with Crippen LogP contribution in [0.3, 0.4) is 0 Å². The highest BCUT2D eigenvalue weighted by atomic mass is 35.5. The molecule has 6 nitrogen and oxygen atoms in total. The molecule has 0 fully saturated rings. The Hall–Kier alpha value is -2.40. The fraction of sp³-hybridized carbons (Fsp3) is 0.222. The Labute approximate surface area is 159 Å². The third-order valence-corrected chi connectivity index (χ3v) is 5.24. The number of anilines is 1. The van der Waals surface area contributed by atoms with E-state index in [1.807, 2.05) is 24.3 Å². The molecule has 4 rings (SSSR count). The molecule has 8 heteroatoms. The van der Waals surface area contributed by atoms with Gasteiger partial charge in [0.25, 0.3) is 0 Å². The summed E-state index contributed by atoms with van der Waals surface area (Å²) < 4.78 is 5.63. The van der Waals surface area contributed by atoms with Crippen molar-refractivity contribution in [1.82, 2.24) is 15.0 Å². The van der Waals surface area contributed by atoms with E-state index in [1.165, 1.54) is 11.8 Å². The molecule has 0 bridgehead atoms. The lowest BCUT2D eigenvalue weighted by Gasteiger charge is -2.20. The number of ether oxygens (including phenoxy) is 1. The summed E-state index contributed by atoms with van der Waals surface area (Å²) in [5, 5.41) is 11.9. The highest BCUT2D eigenvalue weighted by Crippen LogP contribution is 2.39. The Balaban J connectivity index is 1.89. The van der Waals surface area contributed by atoms with Gasteiger partial charge in [-0.05, 0) is 28.0 Å². The van der Waals surface area contributed by atoms with Crippen LogP contribution in [0.5, 0.6) is 0 Å². The maximum absolute atomic E-state index is 8.70. The van der Waals surface area contributed by atoms with Crippen molar-refractivity contribution in [1.29, 1.82) is 5.26 Å². The zero-order chi connectivity index (χ0) is 18.1. The number of benzene rings is 2. The van der Waals surface area contributed by atoms with Crippen molar-refractivity contribution in [3.05, 3.63) is 40.4 Å². The van der Waals surface area contributed by atoms with E-state index in [4.69, 9.17) is 27.3 Å². The normalized spacial score (nSPS) is 12.9. The molecule has 2 aromatic carbocycles. The summed E-state index contributed by atoms with van der Waals surface area (Å²) >= 11 is 7.96. The Morgan fingerprint density at radius 3 is 2.92 bits per heavy atom. The van der Waals surface area contributed by atoms with Crippen LogP contribution in [0.1, 0.15) is 17.5 Å². The molecule has 3 aromatic rings. The van der Waals surface area contributed by atoms with Gasteiger partial charge in [0.2, 0.25) is 5.95 Å². The summed E-state index contributed by atoms with van der Waals surface area (Å²) in [4.78, 5) is 13.0. The SMILES string of the molecule is N#CCCSc1nc(N)nc(-c2c(Cl)cc3c4c(cccc24)COC3)n1. The van der Waals surface area contributed by atoms with Gasteiger partial charge < -0.3 is 10.5 Å². The Morgan fingerprint density at radius 1 is 1.23 bits per heavy atom. The molecule has 2 heterocycles. The molecule has 130 valence electrons. The van der Waals surface area contributed by atoms with Crippen LogP contribution in [-0.2, 0) is 18.0 Å². The van der Waals surface area contributed by atoms with E-state index in [9.17, 15) is 0 Å². The van der Waals surface area contributed by atoms with Crippen LogP contribution in [-0.4, -0.2) is 20.7 Å². The Bertz CT molecular complexity index is 1050. The average Bonchev–Trinajstić information content (AvgIpc) is 2.62. The first-order valence-corrected chi connectivity index (χ1v) is 9.36. The van der Waals surface area contributed by atoms with Gasteiger partial charge in [-0.1, -0.05) is 41.6 Å². The third-order valence-electron chi connectivity index (χ3n) is 4.10. The van der Waals surface area contributed by atoms with Crippen LogP contribution < -0.4 is 5.73 Å². The van der Waals surface area contributed by atoms with Gasteiger partial charge in [0.15, 0.2) is 11.0 Å². The summed E-state index contributed by atoms with van der Waals surface area (Å²) in [5.41, 5.74) is 8.80. The first-order valence-electron chi connectivity index (χ1n) is 8.00. The van der Waals surface area contributed by atoms with Gasteiger partial charge in [-0.2, -0.15) is 15.2 Å². The number of nitrogen functional groups attached to an aromatic ring is 1. The van der Waals surface area contributed by atoms with Crippen LogP contribution in [0.4, 0.5) is 5.95 Å². The topological polar surface area (TPSA) is 97.7 Å². The number of hydrogen-bond acceptors (Lipinski definition) is 7. The number of nitrogens with zero attached hydrogens (tertiary/aromatic N) is 4. The van der Waals surface area contributed by atoms with Crippen molar-refractivity contribution in [3.63, 3.8) is 0 Å². The highest BCUT2D eigenvalue weighted by molar-refractivity contribution is 7.99. The predicted molar refractivity (Wildman–Crippen MR) is 102 cm³/mol. The number of nitriles is 1. The van der Waals surface area contributed by atoms with Gasteiger partial charge in [0.1, 0.15) is 0 Å². The quantitative estimate of drug-likeness (QED) is 0.537. The lowest BCUT2D eigenvalue weighted by molar-refractivity contribution is 0.103. The van der Waals surface area contributed by atoms with E-state index in [-0.39, 0.29) is 5.95 Å². The molecule has 1 aliphatic rings. The maximum Gasteiger partial charge on any atom is 0.224 e. The minimum Gasteiger partial charge on any atom is -0.372 e. The molecular weight excluding hydrogens is 370 g/mol. The van der Waals surface area contributed by atoms with E-state index >= 15 is 0 Å². The minimum atomic E-state index is 0.134. The lowest BCUT2D eigenvalue weighted by atomic mass is 9.94. The van der Waals surface area contributed by atoms with Crippen LogP contribution in [0.2, 0.25) is 5.02 Å². The van der Waals surface area contributed by atoms with Crippen molar-refractivity contribution in [2.75, 3.05) is 11.5 Å². The minimum absolute atomic E-state index is 0.134. The molecule has 0 saturated carbocycles. The zero-order valence-corrected chi connectivity index (χ0v) is 15.3. The predicted octanol–water partition coefficient (Wildman–Crippen LogP) is 3.96. The molecule has 1 aromatic heterocycles. The summed E-state index contributed by atoms with van der Waals surface area (Å²) in [7, 11) is 0.